The molecule has 0 aliphatic carbocycles. The summed E-state index contributed by atoms with van der Waals surface area (Å²) in [6.45, 7) is 4.43. The van der Waals surface area contributed by atoms with Crippen molar-refractivity contribution in [2.24, 2.45) is 11.8 Å². The smallest absolute Gasteiger partial charge is 0.161 e. The summed E-state index contributed by atoms with van der Waals surface area (Å²) in [5.74, 6) is 7.83. The maximum Gasteiger partial charge on any atom is 0.161 e. The number of ether oxygens (including phenoxy) is 2. The number of hydrogen-bond donors (Lipinski definition) is 2. The first-order valence-corrected chi connectivity index (χ1v) is 7.39. The van der Waals surface area contributed by atoms with Gasteiger partial charge in [-0.25, -0.2) is 0 Å². The first-order chi connectivity index (χ1) is 9.71. The molecule has 20 heavy (non-hydrogen) atoms. The standard InChI is InChI=1S/C16H28N2O2/c1-5-7-12(8-6-2)16(18-17)13-9-10-14(19-3)15(11-13)20-4/h9-12,16,18H,5-8,17H2,1-4H3. The Balaban J connectivity index is 3.03. The molecule has 4 nitrogen and oxygen atoms in total. The number of hydrazine groups is 1. The molecule has 1 aromatic rings. The molecule has 1 aromatic carbocycles. The first-order valence-electron chi connectivity index (χ1n) is 7.39. The molecule has 1 rings (SSSR count). The third-order valence-corrected chi connectivity index (χ3v) is 3.74. The molecule has 0 saturated carbocycles. The predicted octanol–water partition coefficient (Wildman–Crippen LogP) is 3.42. The zero-order valence-electron chi connectivity index (χ0n) is 13.1. The highest BCUT2D eigenvalue weighted by Gasteiger charge is 2.22. The molecule has 0 aliphatic rings. The van der Waals surface area contributed by atoms with Crippen molar-refractivity contribution in [2.75, 3.05) is 14.2 Å². The lowest BCUT2D eigenvalue weighted by atomic mass is 9.86. The van der Waals surface area contributed by atoms with Crippen LogP contribution in [0.25, 0.3) is 0 Å². The normalized spacial score (nSPS) is 12.5. The molecular weight excluding hydrogens is 252 g/mol. The van der Waals surface area contributed by atoms with Gasteiger partial charge in [0.25, 0.3) is 0 Å². The second-order valence-corrected chi connectivity index (χ2v) is 5.10. The third-order valence-electron chi connectivity index (χ3n) is 3.74. The van der Waals surface area contributed by atoms with Gasteiger partial charge in [-0.3, -0.25) is 11.3 Å². The van der Waals surface area contributed by atoms with Gasteiger partial charge in [-0.15, -0.1) is 0 Å². The quantitative estimate of drug-likeness (QED) is 0.537. The zero-order chi connectivity index (χ0) is 15.0. The van der Waals surface area contributed by atoms with Crippen LogP contribution in [0.3, 0.4) is 0 Å². The van der Waals surface area contributed by atoms with Crippen LogP contribution in [0, 0.1) is 5.92 Å². The Morgan fingerprint density at radius 3 is 2.10 bits per heavy atom. The summed E-state index contributed by atoms with van der Waals surface area (Å²) < 4.78 is 10.7. The average molecular weight is 280 g/mol. The van der Waals surface area contributed by atoms with E-state index in [1.807, 2.05) is 12.1 Å². The minimum absolute atomic E-state index is 0.148. The minimum Gasteiger partial charge on any atom is -0.493 e. The predicted molar refractivity (Wildman–Crippen MR) is 82.9 cm³/mol. The van der Waals surface area contributed by atoms with Crippen LogP contribution in [-0.2, 0) is 0 Å². The van der Waals surface area contributed by atoms with Gasteiger partial charge in [0, 0.05) is 6.04 Å². The van der Waals surface area contributed by atoms with Gasteiger partial charge in [0.05, 0.1) is 14.2 Å². The lowest BCUT2D eigenvalue weighted by molar-refractivity contribution is 0.316. The van der Waals surface area contributed by atoms with Crippen molar-refractivity contribution in [3.8, 4) is 11.5 Å². The summed E-state index contributed by atoms with van der Waals surface area (Å²) in [7, 11) is 3.30. The highest BCUT2D eigenvalue weighted by atomic mass is 16.5. The molecule has 0 amide bonds. The van der Waals surface area contributed by atoms with E-state index in [1.54, 1.807) is 14.2 Å². The number of hydrogen-bond acceptors (Lipinski definition) is 4. The first kappa shape index (κ1) is 16.8. The molecule has 0 aromatic heterocycles. The van der Waals surface area contributed by atoms with Crippen molar-refractivity contribution in [1.82, 2.24) is 5.43 Å². The van der Waals surface area contributed by atoms with Crippen LogP contribution in [0.1, 0.15) is 51.1 Å². The van der Waals surface area contributed by atoms with Gasteiger partial charge < -0.3 is 9.47 Å². The SMILES string of the molecule is CCCC(CCC)C(NN)c1ccc(OC)c(OC)c1. The van der Waals surface area contributed by atoms with E-state index in [0.717, 1.165) is 42.7 Å². The van der Waals surface area contributed by atoms with Crippen molar-refractivity contribution in [2.45, 2.75) is 45.6 Å². The molecule has 0 fully saturated rings. The summed E-state index contributed by atoms with van der Waals surface area (Å²) >= 11 is 0. The summed E-state index contributed by atoms with van der Waals surface area (Å²) in [4.78, 5) is 0. The number of nitrogens with two attached hydrogens (primary N) is 1. The lowest BCUT2D eigenvalue weighted by Gasteiger charge is -2.27. The Morgan fingerprint density at radius 1 is 1.05 bits per heavy atom. The van der Waals surface area contributed by atoms with Crippen LogP contribution >= 0.6 is 0 Å². The Morgan fingerprint density at radius 2 is 1.65 bits per heavy atom. The van der Waals surface area contributed by atoms with Crippen LogP contribution in [0.2, 0.25) is 0 Å². The van der Waals surface area contributed by atoms with Crippen LogP contribution in [0.4, 0.5) is 0 Å². The Kier molecular flexibility index (Phi) is 7.41. The number of benzene rings is 1. The fourth-order valence-electron chi connectivity index (χ4n) is 2.77. The van der Waals surface area contributed by atoms with Gasteiger partial charge in [-0.1, -0.05) is 32.8 Å². The minimum atomic E-state index is 0.148. The maximum absolute atomic E-state index is 5.81. The molecule has 114 valence electrons. The van der Waals surface area contributed by atoms with Crippen LogP contribution in [-0.4, -0.2) is 14.2 Å². The van der Waals surface area contributed by atoms with Crippen LogP contribution in [0.15, 0.2) is 18.2 Å². The van der Waals surface area contributed by atoms with Gasteiger partial charge in [0.2, 0.25) is 0 Å². The summed E-state index contributed by atoms with van der Waals surface area (Å²) in [5, 5.41) is 0. The second-order valence-electron chi connectivity index (χ2n) is 5.10. The molecule has 0 bridgehead atoms. The summed E-state index contributed by atoms with van der Waals surface area (Å²) in [5.41, 5.74) is 4.13. The molecule has 1 atom stereocenters. The summed E-state index contributed by atoms with van der Waals surface area (Å²) in [6.07, 6.45) is 4.65. The molecule has 3 N–H and O–H groups in total. The molecule has 0 aliphatic heterocycles. The van der Waals surface area contributed by atoms with Gasteiger partial charge in [0.15, 0.2) is 11.5 Å². The molecular formula is C16H28N2O2. The Hall–Kier alpha value is -1.26. The number of methoxy groups -OCH3 is 2. The molecule has 0 spiro atoms. The van der Waals surface area contributed by atoms with E-state index in [0.29, 0.717) is 5.92 Å². The van der Waals surface area contributed by atoms with Crippen molar-refractivity contribution < 1.29 is 9.47 Å². The fraction of sp³-hybridized carbons (Fsp3) is 0.625. The van der Waals surface area contributed by atoms with Crippen LogP contribution in [0.5, 0.6) is 11.5 Å². The molecule has 4 heteroatoms. The van der Waals surface area contributed by atoms with E-state index in [2.05, 4.69) is 25.3 Å². The Labute approximate surface area is 122 Å². The highest BCUT2D eigenvalue weighted by Crippen LogP contribution is 2.34. The van der Waals surface area contributed by atoms with E-state index in [9.17, 15) is 0 Å². The summed E-state index contributed by atoms with van der Waals surface area (Å²) in [6, 6.07) is 6.16. The van der Waals surface area contributed by atoms with E-state index in [1.165, 1.54) is 0 Å². The van der Waals surface area contributed by atoms with E-state index in [-0.39, 0.29) is 6.04 Å². The molecule has 0 saturated heterocycles. The maximum atomic E-state index is 5.81. The lowest BCUT2D eigenvalue weighted by Crippen LogP contribution is -2.33. The van der Waals surface area contributed by atoms with E-state index in [4.69, 9.17) is 15.3 Å². The Bertz CT molecular complexity index is 390. The number of nitrogens with one attached hydrogen (secondary N) is 1. The van der Waals surface area contributed by atoms with Crippen molar-refractivity contribution in [3.63, 3.8) is 0 Å². The second kappa shape index (κ2) is 8.82. The average Bonchev–Trinajstić information content (AvgIpc) is 2.48. The van der Waals surface area contributed by atoms with Gasteiger partial charge in [0.1, 0.15) is 0 Å². The fourth-order valence-corrected chi connectivity index (χ4v) is 2.77. The molecule has 0 radical (unpaired) electrons. The van der Waals surface area contributed by atoms with Crippen LogP contribution < -0.4 is 20.7 Å². The van der Waals surface area contributed by atoms with E-state index >= 15 is 0 Å². The van der Waals surface area contributed by atoms with Crippen molar-refractivity contribution in [3.05, 3.63) is 23.8 Å². The molecule has 0 heterocycles. The van der Waals surface area contributed by atoms with Crippen molar-refractivity contribution in [1.29, 1.82) is 0 Å². The van der Waals surface area contributed by atoms with Crippen molar-refractivity contribution >= 4 is 0 Å². The topological polar surface area (TPSA) is 56.5 Å². The van der Waals surface area contributed by atoms with Gasteiger partial charge >= 0.3 is 0 Å². The monoisotopic (exact) mass is 280 g/mol. The van der Waals surface area contributed by atoms with Gasteiger partial charge in [-0.2, -0.15) is 0 Å². The number of rotatable bonds is 9. The largest absolute Gasteiger partial charge is 0.493 e. The third kappa shape index (κ3) is 4.12. The van der Waals surface area contributed by atoms with Gasteiger partial charge in [-0.05, 0) is 36.5 Å². The molecule has 1 unspecified atom stereocenters. The van der Waals surface area contributed by atoms with E-state index < -0.39 is 0 Å². The zero-order valence-corrected chi connectivity index (χ0v) is 13.1. The highest BCUT2D eigenvalue weighted by molar-refractivity contribution is 5.43.